The van der Waals surface area contributed by atoms with E-state index in [9.17, 15) is 8.42 Å². The van der Waals surface area contributed by atoms with Crippen LogP contribution < -0.4 is 10.0 Å². The number of aryl methyl sites for hydroxylation is 1. The molecular weight excluding hydrogens is 296 g/mol. The van der Waals surface area contributed by atoms with Gasteiger partial charge in [0.2, 0.25) is 0 Å². The predicted molar refractivity (Wildman–Crippen MR) is 79.0 cm³/mol. The maximum atomic E-state index is 12.3. The van der Waals surface area contributed by atoms with E-state index in [1.54, 1.807) is 11.3 Å². The Labute approximate surface area is 122 Å². The van der Waals surface area contributed by atoms with Crippen LogP contribution in [0.4, 0.5) is 0 Å². The Balaban J connectivity index is 2.10. The summed E-state index contributed by atoms with van der Waals surface area (Å²) in [5.41, 5.74) is 2.72. The number of rotatable bonds is 7. The molecule has 6 nitrogen and oxygen atoms in total. The van der Waals surface area contributed by atoms with Crippen LogP contribution in [0.15, 0.2) is 22.0 Å². The van der Waals surface area contributed by atoms with Crippen molar-refractivity contribution >= 4 is 21.4 Å². The van der Waals surface area contributed by atoms with E-state index in [4.69, 9.17) is 0 Å². The second kappa shape index (κ2) is 6.49. The average Bonchev–Trinajstić information content (AvgIpc) is 3.03. The third-order valence-electron chi connectivity index (χ3n) is 2.93. The van der Waals surface area contributed by atoms with Gasteiger partial charge in [-0.2, -0.15) is 16.4 Å². The van der Waals surface area contributed by atoms with Crippen LogP contribution in [-0.4, -0.2) is 25.2 Å². The van der Waals surface area contributed by atoms with Crippen LogP contribution in [0.1, 0.15) is 23.6 Å². The van der Waals surface area contributed by atoms with Gasteiger partial charge in [0, 0.05) is 18.7 Å². The van der Waals surface area contributed by atoms with E-state index in [1.165, 1.54) is 6.20 Å². The van der Waals surface area contributed by atoms with Gasteiger partial charge in [-0.1, -0.05) is 6.92 Å². The first kappa shape index (κ1) is 15.2. The summed E-state index contributed by atoms with van der Waals surface area (Å²) >= 11 is 1.56. The molecule has 20 heavy (non-hydrogen) atoms. The lowest BCUT2D eigenvalue weighted by atomic mass is 10.2. The number of aromatic nitrogens is 2. The molecule has 2 aromatic rings. The predicted octanol–water partition coefficient (Wildman–Crippen LogP) is 1.37. The minimum absolute atomic E-state index is 0.131. The molecule has 0 saturated heterocycles. The van der Waals surface area contributed by atoms with Gasteiger partial charge in [0.15, 0.2) is 5.03 Å². The lowest BCUT2D eigenvalue weighted by Gasteiger charge is -2.07. The van der Waals surface area contributed by atoms with E-state index >= 15 is 0 Å². The number of aromatic amines is 1. The maximum Gasteiger partial charge on any atom is 0.258 e. The Morgan fingerprint density at radius 2 is 2.10 bits per heavy atom. The van der Waals surface area contributed by atoms with Crippen molar-refractivity contribution in [2.45, 2.75) is 32.0 Å². The Morgan fingerprint density at radius 1 is 1.30 bits per heavy atom. The molecule has 0 spiro atoms. The molecule has 0 amide bonds. The zero-order chi connectivity index (χ0) is 14.6. The molecule has 0 bridgehead atoms. The monoisotopic (exact) mass is 314 g/mol. The zero-order valence-electron chi connectivity index (χ0n) is 11.4. The van der Waals surface area contributed by atoms with Crippen molar-refractivity contribution < 1.29 is 8.42 Å². The average molecular weight is 314 g/mol. The number of nitrogens with zero attached hydrogens (tertiary/aromatic N) is 1. The van der Waals surface area contributed by atoms with Crippen LogP contribution in [0.5, 0.6) is 0 Å². The van der Waals surface area contributed by atoms with E-state index in [1.807, 2.05) is 24.6 Å². The first-order chi connectivity index (χ1) is 9.54. The Hall–Kier alpha value is -1.22. The Bertz CT molecular complexity index is 661. The lowest BCUT2D eigenvalue weighted by molar-refractivity contribution is 0.574. The summed E-state index contributed by atoms with van der Waals surface area (Å²) in [6.07, 6.45) is 1.53. The number of nitrogens with one attached hydrogen (secondary N) is 3. The minimum atomic E-state index is -3.57. The highest BCUT2D eigenvalue weighted by Crippen LogP contribution is 2.16. The van der Waals surface area contributed by atoms with E-state index in [0.29, 0.717) is 12.1 Å². The van der Waals surface area contributed by atoms with Gasteiger partial charge in [-0.25, -0.2) is 13.1 Å². The molecule has 0 aliphatic heterocycles. The van der Waals surface area contributed by atoms with Crippen molar-refractivity contribution in [3.05, 3.63) is 33.6 Å². The fourth-order valence-electron chi connectivity index (χ4n) is 1.73. The van der Waals surface area contributed by atoms with Crippen LogP contribution >= 0.6 is 11.3 Å². The van der Waals surface area contributed by atoms with Gasteiger partial charge < -0.3 is 5.32 Å². The number of hydrogen-bond donors (Lipinski definition) is 3. The number of H-pyrrole nitrogens is 1. The highest BCUT2D eigenvalue weighted by atomic mass is 32.2. The van der Waals surface area contributed by atoms with Crippen LogP contribution in [0, 0.1) is 6.92 Å². The summed E-state index contributed by atoms with van der Waals surface area (Å²) in [6, 6.07) is 0. The lowest BCUT2D eigenvalue weighted by Crippen LogP contribution is -2.25. The zero-order valence-corrected chi connectivity index (χ0v) is 13.1. The van der Waals surface area contributed by atoms with Crippen molar-refractivity contribution in [1.82, 2.24) is 20.2 Å². The normalized spacial score (nSPS) is 11.9. The van der Waals surface area contributed by atoms with Crippen molar-refractivity contribution in [3.63, 3.8) is 0 Å². The molecular formula is C12H18N4O2S2. The molecule has 0 unspecified atom stereocenters. The van der Waals surface area contributed by atoms with E-state index in [0.717, 1.165) is 17.7 Å². The van der Waals surface area contributed by atoms with Crippen LogP contribution in [0.2, 0.25) is 0 Å². The summed E-state index contributed by atoms with van der Waals surface area (Å²) in [7, 11) is -3.57. The topological polar surface area (TPSA) is 86.9 Å². The van der Waals surface area contributed by atoms with Crippen molar-refractivity contribution in [1.29, 1.82) is 0 Å². The van der Waals surface area contributed by atoms with Crippen molar-refractivity contribution in [2.75, 3.05) is 6.54 Å². The first-order valence-corrected chi connectivity index (χ1v) is 8.71. The number of hydrogen-bond acceptors (Lipinski definition) is 5. The van der Waals surface area contributed by atoms with Crippen LogP contribution in [0.3, 0.4) is 0 Å². The quantitative estimate of drug-likeness (QED) is 0.720. The summed E-state index contributed by atoms with van der Waals surface area (Å²) in [5, 5.41) is 13.6. The number of sulfonamides is 1. The van der Waals surface area contributed by atoms with Gasteiger partial charge in [0.1, 0.15) is 0 Å². The highest BCUT2D eigenvalue weighted by Gasteiger charge is 2.20. The molecule has 0 aliphatic carbocycles. The van der Waals surface area contributed by atoms with Crippen LogP contribution in [-0.2, 0) is 23.1 Å². The number of thiophene rings is 1. The Kier molecular flexibility index (Phi) is 4.92. The molecule has 0 fully saturated rings. The summed E-state index contributed by atoms with van der Waals surface area (Å²) in [4.78, 5) is 0. The molecule has 0 aliphatic rings. The second-order valence-electron chi connectivity index (χ2n) is 4.41. The molecule has 0 saturated carbocycles. The molecule has 2 aromatic heterocycles. The maximum absolute atomic E-state index is 12.3. The summed E-state index contributed by atoms with van der Waals surface area (Å²) in [5.74, 6) is 0. The van der Waals surface area contributed by atoms with Crippen molar-refractivity contribution in [3.8, 4) is 0 Å². The van der Waals surface area contributed by atoms with Gasteiger partial charge >= 0.3 is 0 Å². The third-order valence-corrected chi connectivity index (χ3v) is 5.25. The third kappa shape index (κ3) is 3.45. The molecule has 0 atom stereocenters. The summed E-state index contributed by atoms with van der Waals surface area (Å²) in [6.45, 7) is 5.46. The molecule has 0 aromatic carbocycles. The first-order valence-electron chi connectivity index (χ1n) is 6.29. The molecule has 110 valence electrons. The molecule has 8 heteroatoms. The largest absolute Gasteiger partial charge is 0.313 e. The van der Waals surface area contributed by atoms with Crippen LogP contribution in [0.25, 0.3) is 0 Å². The molecule has 3 N–H and O–H groups in total. The van der Waals surface area contributed by atoms with Gasteiger partial charge in [0.25, 0.3) is 10.0 Å². The van der Waals surface area contributed by atoms with Gasteiger partial charge in [-0.3, -0.25) is 5.10 Å². The fraction of sp³-hybridized carbons (Fsp3) is 0.417. The van der Waals surface area contributed by atoms with Gasteiger partial charge in [0.05, 0.1) is 6.20 Å². The summed E-state index contributed by atoms with van der Waals surface area (Å²) < 4.78 is 27.2. The second-order valence-corrected chi connectivity index (χ2v) is 6.86. The van der Waals surface area contributed by atoms with E-state index in [2.05, 4.69) is 20.2 Å². The minimum Gasteiger partial charge on any atom is -0.313 e. The van der Waals surface area contributed by atoms with Gasteiger partial charge in [-0.05, 0) is 35.4 Å². The van der Waals surface area contributed by atoms with E-state index < -0.39 is 10.0 Å². The van der Waals surface area contributed by atoms with Crippen molar-refractivity contribution in [2.24, 2.45) is 0 Å². The SMILES string of the molecule is CCNCc1cn[nH]c1S(=O)(=O)NCc1cscc1C. The molecule has 0 radical (unpaired) electrons. The molecule has 2 rings (SSSR count). The Morgan fingerprint density at radius 3 is 2.75 bits per heavy atom. The smallest absolute Gasteiger partial charge is 0.258 e. The highest BCUT2D eigenvalue weighted by molar-refractivity contribution is 7.89. The standard InChI is InChI=1S/C12H18N4O2S2/c1-3-13-4-10-5-14-16-12(10)20(17,18)15-6-11-8-19-7-9(11)2/h5,7-8,13,15H,3-4,6H2,1-2H3,(H,14,16). The van der Waals surface area contributed by atoms with E-state index in [-0.39, 0.29) is 11.6 Å². The molecule has 2 heterocycles. The van der Waals surface area contributed by atoms with Gasteiger partial charge in [-0.15, -0.1) is 0 Å². The fourth-order valence-corrected chi connectivity index (χ4v) is 3.72.